The van der Waals surface area contributed by atoms with E-state index in [9.17, 15) is 9.90 Å². The molecule has 0 fully saturated rings. The lowest BCUT2D eigenvalue weighted by atomic mass is 9.94. The highest BCUT2D eigenvalue weighted by atomic mass is 35.5. The lowest BCUT2D eigenvalue weighted by molar-refractivity contribution is -0.125. The van der Waals surface area contributed by atoms with Gasteiger partial charge < -0.3 is 20.9 Å². The van der Waals surface area contributed by atoms with Crippen molar-refractivity contribution in [3.05, 3.63) is 65.7 Å². The van der Waals surface area contributed by atoms with Crippen LogP contribution in [-0.4, -0.2) is 23.7 Å². The molecule has 0 spiro atoms. The molecule has 0 aliphatic rings. The number of hydrogen-bond acceptors (Lipinski definition) is 4. The van der Waals surface area contributed by atoms with E-state index in [0.29, 0.717) is 11.3 Å². The third-order valence-corrected chi connectivity index (χ3v) is 4.22. The predicted molar refractivity (Wildman–Crippen MR) is 110 cm³/mol. The number of amides is 1. The van der Waals surface area contributed by atoms with Crippen LogP contribution in [0.2, 0.25) is 0 Å². The van der Waals surface area contributed by atoms with Crippen LogP contribution in [0.3, 0.4) is 0 Å². The molecule has 0 saturated heterocycles. The first-order valence-corrected chi connectivity index (χ1v) is 8.91. The molecule has 0 radical (unpaired) electrons. The summed E-state index contributed by atoms with van der Waals surface area (Å²) in [5.74, 6) is 0.109. The van der Waals surface area contributed by atoms with Crippen molar-refractivity contribution >= 4 is 18.3 Å². The zero-order valence-electron chi connectivity index (χ0n) is 16.0. The minimum absolute atomic E-state index is 0. The Hall–Kier alpha value is -2.08. The molecule has 0 aliphatic heterocycles. The SMILES string of the molecule is CC(C)Oc1cccc(C(O)CNC(=O)C(C)C(N)c2ccccc2)c1.Cl. The van der Waals surface area contributed by atoms with Gasteiger partial charge in [-0.3, -0.25) is 4.79 Å². The van der Waals surface area contributed by atoms with Gasteiger partial charge in [0.25, 0.3) is 0 Å². The van der Waals surface area contributed by atoms with E-state index < -0.39 is 18.1 Å². The number of halogens is 1. The highest BCUT2D eigenvalue weighted by molar-refractivity contribution is 5.85. The highest BCUT2D eigenvalue weighted by Gasteiger charge is 2.22. The van der Waals surface area contributed by atoms with Crippen molar-refractivity contribution in [3.63, 3.8) is 0 Å². The maximum Gasteiger partial charge on any atom is 0.224 e. The Labute approximate surface area is 167 Å². The second-order valence-electron chi connectivity index (χ2n) is 6.73. The normalized spacial score (nSPS) is 14.0. The number of hydrogen-bond donors (Lipinski definition) is 3. The van der Waals surface area contributed by atoms with Gasteiger partial charge in [-0.2, -0.15) is 0 Å². The molecule has 148 valence electrons. The van der Waals surface area contributed by atoms with E-state index in [1.54, 1.807) is 13.0 Å². The molecule has 0 aliphatic carbocycles. The molecular formula is C21H29ClN2O3. The van der Waals surface area contributed by atoms with Crippen molar-refractivity contribution in [1.82, 2.24) is 5.32 Å². The van der Waals surface area contributed by atoms with Crippen LogP contribution >= 0.6 is 12.4 Å². The van der Waals surface area contributed by atoms with Crippen LogP contribution in [0.15, 0.2) is 54.6 Å². The van der Waals surface area contributed by atoms with Crippen LogP contribution in [0.4, 0.5) is 0 Å². The summed E-state index contributed by atoms with van der Waals surface area (Å²) >= 11 is 0. The van der Waals surface area contributed by atoms with Crippen LogP contribution in [0.25, 0.3) is 0 Å². The van der Waals surface area contributed by atoms with E-state index in [2.05, 4.69) is 5.32 Å². The summed E-state index contributed by atoms with van der Waals surface area (Å²) in [4.78, 5) is 12.4. The molecule has 5 nitrogen and oxygen atoms in total. The Morgan fingerprint density at radius 2 is 1.70 bits per heavy atom. The first-order chi connectivity index (χ1) is 12.4. The first kappa shape index (κ1) is 23.0. The number of carbonyl (C=O) groups excluding carboxylic acids is 1. The number of nitrogens with two attached hydrogens (primary N) is 1. The molecule has 3 unspecified atom stereocenters. The maximum atomic E-state index is 12.4. The Balaban J connectivity index is 0.00000364. The molecule has 1 amide bonds. The molecule has 0 heterocycles. The fraction of sp³-hybridized carbons (Fsp3) is 0.381. The molecule has 6 heteroatoms. The van der Waals surface area contributed by atoms with Crippen molar-refractivity contribution in [2.24, 2.45) is 11.7 Å². The van der Waals surface area contributed by atoms with Crippen LogP contribution in [0.5, 0.6) is 5.75 Å². The van der Waals surface area contributed by atoms with Gasteiger partial charge in [0.05, 0.1) is 18.1 Å². The van der Waals surface area contributed by atoms with Gasteiger partial charge in [-0.05, 0) is 37.1 Å². The van der Waals surface area contributed by atoms with Gasteiger partial charge in [-0.25, -0.2) is 0 Å². The topological polar surface area (TPSA) is 84.6 Å². The van der Waals surface area contributed by atoms with Crippen LogP contribution in [0.1, 0.15) is 44.0 Å². The van der Waals surface area contributed by atoms with Crippen LogP contribution in [-0.2, 0) is 4.79 Å². The predicted octanol–water partition coefficient (Wildman–Crippen LogP) is 3.38. The van der Waals surface area contributed by atoms with Gasteiger partial charge in [0.2, 0.25) is 5.91 Å². The molecule has 4 N–H and O–H groups in total. The average molecular weight is 393 g/mol. The lowest BCUT2D eigenvalue weighted by Crippen LogP contribution is -2.37. The summed E-state index contributed by atoms with van der Waals surface area (Å²) in [6, 6.07) is 16.4. The van der Waals surface area contributed by atoms with Gasteiger partial charge in [0.15, 0.2) is 0 Å². The van der Waals surface area contributed by atoms with Crippen LogP contribution in [0, 0.1) is 5.92 Å². The number of nitrogens with one attached hydrogen (secondary N) is 1. The average Bonchev–Trinajstić information content (AvgIpc) is 2.65. The summed E-state index contributed by atoms with van der Waals surface area (Å²) in [5, 5.41) is 13.1. The Morgan fingerprint density at radius 3 is 2.33 bits per heavy atom. The summed E-state index contributed by atoms with van der Waals surface area (Å²) in [5.41, 5.74) is 7.79. The van der Waals surface area contributed by atoms with Gasteiger partial charge >= 0.3 is 0 Å². The highest BCUT2D eigenvalue weighted by Crippen LogP contribution is 2.21. The third-order valence-electron chi connectivity index (χ3n) is 4.22. The molecule has 2 aromatic rings. The van der Waals surface area contributed by atoms with Crippen molar-refractivity contribution in [1.29, 1.82) is 0 Å². The minimum Gasteiger partial charge on any atom is -0.491 e. The Kier molecular flexibility index (Phi) is 9.29. The summed E-state index contributed by atoms with van der Waals surface area (Å²) in [6.45, 7) is 5.80. The van der Waals surface area contributed by atoms with Crippen LogP contribution < -0.4 is 15.8 Å². The third kappa shape index (κ3) is 6.86. The van der Waals surface area contributed by atoms with Gasteiger partial charge in [-0.1, -0.05) is 49.4 Å². The molecule has 0 bridgehead atoms. The fourth-order valence-electron chi connectivity index (χ4n) is 2.67. The van der Waals surface area contributed by atoms with Crippen molar-refractivity contribution in [2.75, 3.05) is 6.54 Å². The lowest BCUT2D eigenvalue weighted by Gasteiger charge is -2.21. The number of ether oxygens (including phenoxy) is 1. The standard InChI is InChI=1S/C21H28N2O3.ClH/c1-14(2)26-18-11-7-10-17(12-18)19(24)13-23-21(25)15(3)20(22)16-8-5-4-6-9-16;/h4-12,14-15,19-20,24H,13,22H2,1-3H3,(H,23,25);1H. The first-order valence-electron chi connectivity index (χ1n) is 8.91. The number of rotatable bonds is 8. The minimum atomic E-state index is -0.810. The monoisotopic (exact) mass is 392 g/mol. The largest absolute Gasteiger partial charge is 0.491 e. The number of aliphatic hydroxyl groups excluding tert-OH is 1. The molecule has 3 atom stereocenters. The number of carbonyl (C=O) groups is 1. The van der Waals surface area contributed by atoms with E-state index in [1.165, 1.54) is 0 Å². The second-order valence-corrected chi connectivity index (χ2v) is 6.73. The van der Waals surface area contributed by atoms with Gasteiger partial charge in [-0.15, -0.1) is 12.4 Å². The van der Waals surface area contributed by atoms with E-state index in [-0.39, 0.29) is 31.0 Å². The van der Waals surface area contributed by atoms with E-state index in [4.69, 9.17) is 10.5 Å². The Morgan fingerprint density at radius 1 is 1.07 bits per heavy atom. The maximum absolute atomic E-state index is 12.4. The molecule has 2 rings (SSSR count). The molecule has 0 aromatic heterocycles. The van der Waals surface area contributed by atoms with E-state index in [1.807, 2.05) is 62.4 Å². The quantitative estimate of drug-likeness (QED) is 0.643. The zero-order valence-corrected chi connectivity index (χ0v) is 16.8. The fourth-order valence-corrected chi connectivity index (χ4v) is 2.67. The molecule has 0 saturated carbocycles. The van der Waals surface area contributed by atoms with Gasteiger partial charge in [0, 0.05) is 12.6 Å². The summed E-state index contributed by atoms with van der Waals surface area (Å²) < 4.78 is 5.63. The zero-order chi connectivity index (χ0) is 19.1. The molecule has 2 aromatic carbocycles. The molecular weight excluding hydrogens is 364 g/mol. The second kappa shape index (κ2) is 10.9. The smallest absolute Gasteiger partial charge is 0.224 e. The number of aliphatic hydroxyl groups is 1. The molecule has 27 heavy (non-hydrogen) atoms. The van der Waals surface area contributed by atoms with Crippen molar-refractivity contribution < 1.29 is 14.6 Å². The van der Waals surface area contributed by atoms with E-state index in [0.717, 1.165) is 5.56 Å². The number of benzene rings is 2. The summed E-state index contributed by atoms with van der Waals surface area (Å²) in [7, 11) is 0. The van der Waals surface area contributed by atoms with Crippen molar-refractivity contribution in [2.45, 2.75) is 39.0 Å². The van der Waals surface area contributed by atoms with Crippen molar-refractivity contribution in [3.8, 4) is 5.75 Å². The van der Waals surface area contributed by atoms with Gasteiger partial charge in [0.1, 0.15) is 5.75 Å². The van der Waals surface area contributed by atoms with E-state index >= 15 is 0 Å². The summed E-state index contributed by atoms with van der Waals surface area (Å²) in [6.07, 6.45) is -0.753. The Bertz CT molecular complexity index is 710.